The molecule has 2 nitrogen and oxygen atoms in total. The minimum Gasteiger partial charge on any atom is -0.388 e. The summed E-state index contributed by atoms with van der Waals surface area (Å²) in [6.45, 7) is 0. The molecule has 0 bridgehead atoms. The Morgan fingerprint density at radius 2 is 1.00 bits per heavy atom. The van der Waals surface area contributed by atoms with E-state index in [0.29, 0.717) is 6.42 Å². The summed E-state index contributed by atoms with van der Waals surface area (Å²) in [7, 11) is 0. The summed E-state index contributed by atoms with van der Waals surface area (Å²) in [6.07, 6.45) is 9.54. The fourth-order valence-corrected chi connectivity index (χ4v) is 5.78. The van der Waals surface area contributed by atoms with Crippen LogP contribution in [0.25, 0.3) is 0 Å². The molecule has 0 radical (unpaired) electrons. The maximum absolute atomic E-state index is 12.1. The summed E-state index contributed by atoms with van der Waals surface area (Å²) >= 11 is 6.87. The van der Waals surface area contributed by atoms with Gasteiger partial charge in [-0.3, -0.25) is 4.79 Å². The lowest BCUT2D eigenvalue weighted by Gasteiger charge is -2.11. The quantitative estimate of drug-likeness (QED) is 0.0721. The van der Waals surface area contributed by atoms with Crippen molar-refractivity contribution in [3.05, 3.63) is 143 Å². The van der Waals surface area contributed by atoms with Crippen molar-refractivity contribution in [1.82, 2.24) is 0 Å². The molecule has 1 atom stereocenters. The number of halogens is 2. The van der Waals surface area contributed by atoms with Gasteiger partial charge in [0.1, 0.15) is 0 Å². The number of Topliss-reactive ketones (excluding diaryl/α,β-unsaturated/α-hetero) is 1. The molecule has 1 N–H and O–H groups in total. The number of aliphatic hydroxyl groups excluding tert-OH is 1. The SMILES string of the molecule is O=C(CCCCc1ccccc1)c1ccc(CCBr)cc1.OC(CCCCc1ccccc1)c1ccc(CCBr)cc1. The Bertz CT molecular complexity index is 1260. The van der Waals surface area contributed by atoms with Gasteiger partial charge >= 0.3 is 0 Å². The first-order valence-corrected chi connectivity index (χ1v) is 17.4. The van der Waals surface area contributed by atoms with Gasteiger partial charge in [0, 0.05) is 22.6 Å². The van der Waals surface area contributed by atoms with Crippen LogP contribution in [0.2, 0.25) is 0 Å². The number of benzene rings is 4. The molecule has 4 aromatic carbocycles. The van der Waals surface area contributed by atoms with E-state index in [2.05, 4.69) is 117 Å². The molecule has 4 heteroatoms. The van der Waals surface area contributed by atoms with Crippen molar-refractivity contribution in [1.29, 1.82) is 0 Å². The van der Waals surface area contributed by atoms with Gasteiger partial charge in [0.15, 0.2) is 5.78 Å². The monoisotopic (exact) mass is 690 g/mol. The van der Waals surface area contributed by atoms with E-state index in [-0.39, 0.29) is 11.9 Å². The Morgan fingerprint density at radius 3 is 1.50 bits per heavy atom. The zero-order chi connectivity index (χ0) is 29.8. The number of hydrogen-bond acceptors (Lipinski definition) is 2. The minimum atomic E-state index is -0.334. The van der Waals surface area contributed by atoms with Crippen LogP contribution >= 0.6 is 31.9 Å². The molecule has 0 aromatic heterocycles. The lowest BCUT2D eigenvalue weighted by Crippen LogP contribution is -2.00. The largest absolute Gasteiger partial charge is 0.388 e. The zero-order valence-corrected chi connectivity index (χ0v) is 27.7. The molecule has 0 fully saturated rings. The molecule has 0 aliphatic heterocycles. The first-order chi connectivity index (χ1) is 20.6. The summed E-state index contributed by atoms with van der Waals surface area (Å²) in [4.78, 5) is 12.1. The van der Waals surface area contributed by atoms with E-state index in [1.165, 1.54) is 22.3 Å². The molecule has 0 saturated heterocycles. The molecule has 1 unspecified atom stereocenters. The fraction of sp³-hybridized carbons (Fsp3) is 0.342. The number of carbonyl (C=O) groups excluding carboxylic acids is 1. The van der Waals surface area contributed by atoms with Crippen molar-refractivity contribution in [3.8, 4) is 0 Å². The summed E-state index contributed by atoms with van der Waals surface area (Å²) in [5, 5.41) is 12.2. The number of aliphatic hydroxyl groups is 1. The van der Waals surface area contributed by atoms with Gasteiger partial charge in [-0.15, -0.1) is 0 Å². The molecule has 0 heterocycles. The molecule has 0 amide bonds. The Balaban J connectivity index is 0.000000230. The Hall–Kier alpha value is -2.53. The predicted octanol–water partition coefficient (Wildman–Crippen LogP) is 10.3. The van der Waals surface area contributed by atoms with Crippen LogP contribution in [0.4, 0.5) is 0 Å². The minimum absolute atomic E-state index is 0.258. The summed E-state index contributed by atoms with van der Waals surface area (Å²) < 4.78 is 0. The Morgan fingerprint density at radius 1 is 0.548 bits per heavy atom. The third-order valence-corrected chi connectivity index (χ3v) is 8.20. The van der Waals surface area contributed by atoms with E-state index in [9.17, 15) is 9.90 Å². The fourth-order valence-electron chi connectivity index (χ4n) is 4.86. The number of carbonyl (C=O) groups is 1. The summed E-state index contributed by atoms with van der Waals surface area (Å²) in [5.41, 5.74) is 7.19. The average molecular weight is 693 g/mol. The third-order valence-electron chi connectivity index (χ3n) is 7.40. The van der Waals surface area contributed by atoms with Gasteiger partial charge < -0.3 is 5.11 Å². The van der Waals surface area contributed by atoms with Crippen LogP contribution in [0, 0.1) is 0 Å². The smallest absolute Gasteiger partial charge is 0.162 e. The summed E-state index contributed by atoms with van der Waals surface area (Å²) in [5.74, 6) is 0.258. The molecule has 0 saturated carbocycles. The van der Waals surface area contributed by atoms with E-state index in [1.807, 2.05) is 24.3 Å². The van der Waals surface area contributed by atoms with E-state index >= 15 is 0 Å². The lowest BCUT2D eigenvalue weighted by molar-refractivity contribution is 0.0979. The van der Waals surface area contributed by atoms with Gasteiger partial charge in [-0.25, -0.2) is 0 Å². The topological polar surface area (TPSA) is 37.3 Å². The average Bonchev–Trinajstić information content (AvgIpc) is 3.03. The van der Waals surface area contributed by atoms with Crippen LogP contribution in [-0.4, -0.2) is 21.5 Å². The maximum atomic E-state index is 12.1. The number of alkyl halides is 2. The number of rotatable bonds is 16. The van der Waals surface area contributed by atoms with Crippen LogP contribution in [0.15, 0.2) is 109 Å². The van der Waals surface area contributed by atoms with Crippen molar-refractivity contribution in [2.45, 2.75) is 70.3 Å². The number of aryl methyl sites for hydroxylation is 4. The highest BCUT2D eigenvalue weighted by atomic mass is 79.9. The van der Waals surface area contributed by atoms with Crippen LogP contribution in [-0.2, 0) is 25.7 Å². The molecule has 0 spiro atoms. The van der Waals surface area contributed by atoms with Crippen molar-refractivity contribution in [3.63, 3.8) is 0 Å². The number of ketones is 1. The highest BCUT2D eigenvalue weighted by Crippen LogP contribution is 2.21. The van der Waals surface area contributed by atoms with Gasteiger partial charge in [0.05, 0.1) is 6.10 Å². The molecule has 222 valence electrons. The second-order valence-electron chi connectivity index (χ2n) is 10.7. The van der Waals surface area contributed by atoms with Crippen LogP contribution < -0.4 is 0 Å². The normalized spacial score (nSPS) is 11.4. The van der Waals surface area contributed by atoms with E-state index < -0.39 is 0 Å². The lowest BCUT2D eigenvalue weighted by atomic mass is 10.00. The van der Waals surface area contributed by atoms with Gasteiger partial charge in [-0.05, 0) is 79.2 Å². The second-order valence-corrected chi connectivity index (χ2v) is 12.3. The van der Waals surface area contributed by atoms with E-state index in [4.69, 9.17) is 0 Å². The number of unbranched alkanes of at least 4 members (excludes halogenated alkanes) is 2. The zero-order valence-electron chi connectivity index (χ0n) is 24.6. The molecule has 4 rings (SSSR count). The van der Waals surface area contributed by atoms with Crippen LogP contribution in [0.5, 0.6) is 0 Å². The highest BCUT2D eigenvalue weighted by Gasteiger charge is 2.08. The van der Waals surface area contributed by atoms with Crippen molar-refractivity contribution in [2.24, 2.45) is 0 Å². The van der Waals surface area contributed by atoms with Gasteiger partial charge in [-0.1, -0.05) is 147 Å². The van der Waals surface area contributed by atoms with Crippen LogP contribution in [0.1, 0.15) is 82.8 Å². The Kier molecular flexibility index (Phi) is 16.5. The summed E-state index contributed by atoms with van der Waals surface area (Å²) in [6, 6.07) is 37.4. The van der Waals surface area contributed by atoms with Crippen molar-refractivity contribution < 1.29 is 9.90 Å². The van der Waals surface area contributed by atoms with Crippen molar-refractivity contribution in [2.75, 3.05) is 10.7 Å². The molecular formula is C38H44Br2O2. The third kappa shape index (κ3) is 13.2. The first-order valence-electron chi connectivity index (χ1n) is 15.2. The van der Waals surface area contributed by atoms with Gasteiger partial charge in [0.25, 0.3) is 0 Å². The molecule has 0 aliphatic rings. The first kappa shape index (κ1) is 34.0. The van der Waals surface area contributed by atoms with Crippen LogP contribution in [0.3, 0.4) is 0 Å². The molecule has 4 aromatic rings. The maximum Gasteiger partial charge on any atom is 0.162 e. The Labute approximate surface area is 269 Å². The van der Waals surface area contributed by atoms with Crippen molar-refractivity contribution >= 4 is 37.6 Å². The molecule has 42 heavy (non-hydrogen) atoms. The standard InChI is InChI=1S/C19H23BrO.C19H21BrO/c2*20-15-14-17-10-12-18(13-11-17)19(21)9-5-4-8-16-6-2-1-3-7-16/h1-3,6-7,10-13,19,21H,4-5,8-9,14-15H2;1-3,6-7,10-13H,4-5,8-9,14-15H2. The van der Waals surface area contributed by atoms with E-state index in [0.717, 1.165) is 79.6 Å². The number of hydrogen-bond donors (Lipinski definition) is 1. The highest BCUT2D eigenvalue weighted by molar-refractivity contribution is 9.09. The molecular weight excluding hydrogens is 648 g/mol. The van der Waals surface area contributed by atoms with Gasteiger partial charge in [0.2, 0.25) is 0 Å². The molecule has 0 aliphatic carbocycles. The predicted molar refractivity (Wildman–Crippen MR) is 185 cm³/mol. The second kappa shape index (κ2) is 20.4. The van der Waals surface area contributed by atoms with Gasteiger partial charge in [-0.2, -0.15) is 0 Å². The van der Waals surface area contributed by atoms with E-state index in [1.54, 1.807) is 0 Å².